The zero-order valence-corrected chi connectivity index (χ0v) is 22.8. The molecule has 0 unspecified atom stereocenters. The summed E-state index contributed by atoms with van der Waals surface area (Å²) in [5.74, 6) is -0.961. The normalized spacial score (nSPS) is 17.5. The third kappa shape index (κ3) is 4.50. The van der Waals surface area contributed by atoms with Crippen molar-refractivity contribution >= 4 is 40.4 Å². The molecule has 0 fully saturated rings. The van der Waals surface area contributed by atoms with Gasteiger partial charge in [-0.3, -0.25) is 19.0 Å². The molecule has 3 aromatic rings. The molecule has 0 bridgehead atoms. The van der Waals surface area contributed by atoms with E-state index in [1.165, 1.54) is 18.6 Å². The number of methoxy groups -OCH3 is 1. The van der Waals surface area contributed by atoms with Gasteiger partial charge < -0.3 is 14.4 Å². The number of allylic oxidation sites excluding steroid dienone is 1. The summed E-state index contributed by atoms with van der Waals surface area (Å²) >= 11 is 1.13. The maximum Gasteiger partial charge on any atom is 0.338 e. The Kier molecular flexibility index (Phi) is 7.05. The van der Waals surface area contributed by atoms with E-state index in [2.05, 4.69) is 11.9 Å². The van der Waals surface area contributed by atoms with E-state index in [1.54, 1.807) is 36.1 Å². The lowest BCUT2D eigenvalue weighted by molar-refractivity contribution is -0.136. The second kappa shape index (κ2) is 10.5. The van der Waals surface area contributed by atoms with E-state index in [1.807, 2.05) is 24.3 Å². The molecule has 3 heterocycles. The summed E-state index contributed by atoms with van der Waals surface area (Å²) in [6.07, 6.45) is 1.76. The average molecular weight is 546 g/mol. The third-order valence-electron chi connectivity index (χ3n) is 6.75. The predicted octanol–water partition coefficient (Wildman–Crippen LogP) is 2.85. The predicted molar refractivity (Wildman–Crippen MR) is 146 cm³/mol. The van der Waals surface area contributed by atoms with Crippen molar-refractivity contribution in [2.45, 2.75) is 39.7 Å². The van der Waals surface area contributed by atoms with Crippen molar-refractivity contribution in [3.05, 3.63) is 90.6 Å². The average Bonchev–Trinajstić information content (AvgIpc) is 3.38. The van der Waals surface area contributed by atoms with Gasteiger partial charge in [-0.25, -0.2) is 9.79 Å². The number of hydrogen-bond acceptors (Lipinski definition) is 8. The van der Waals surface area contributed by atoms with Gasteiger partial charge in [0.25, 0.3) is 11.5 Å². The molecule has 2 aromatic carbocycles. The molecule has 9 nitrogen and oxygen atoms in total. The molecule has 5 rings (SSSR count). The van der Waals surface area contributed by atoms with Gasteiger partial charge in [-0.1, -0.05) is 55.0 Å². The van der Waals surface area contributed by atoms with Crippen LogP contribution in [0.15, 0.2) is 69.6 Å². The van der Waals surface area contributed by atoms with Crippen LogP contribution in [-0.2, 0) is 19.1 Å². The fourth-order valence-electron chi connectivity index (χ4n) is 4.98. The number of nitrogens with zero attached hydrogens (tertiary/aromatic N) is 3. The summed E-state index contributed by atoms with van der Waals surface area (Å²) < 4.78 is 11.9. The highest BCUT2D eigenvalue weighted by Crippen LogP contribution is 2.36. The molecule has 0 saturated heterocycles. The molecule has 2 aliphatic heterocycles. The Labute approximate surface area is 228 Å². The van der Waals surface area contributed by atoms with Crippen LogP contribution in [0.25, 0.3) is 5.57 Å². The first-order valence-electron chi connectivity index (χ1n) is 12.6. The number of benzene rings is 2. The molecule has 10 heteroatoms. The minimum absolute atomic E-state index is 0.212. The topological polar surface area (TPSA) is 107 Å². The van der Waals surface area contributed by atoms with E-state index < -0.39 is 23.5 Å². The Morgan fingerprint density at radius 1 is 1.08 bits per heavy atom. The van der Waals surface area contributed by atoms with E-state index in [-0.39, 0.29) is 16.0 Å². The lowest BCUT2D eigenvalue weighted by atomic mass is 9.96. The maximum atomic E-state index is 14.1. The maximum absolute atomic E-state index is 14.1. The monoisotopic (exact) mass is 545 g/mol. The van der Waals surface area contributed by atoms with Crippen LogP contribution in [0.2, 0.25) is 0 Å². The standard InChI is InChI=1S/C29H27N3O6S/c1-5-6-15-31-21-10-8-7-9-20(21)23(26(31)34)25-27(35)32-24(18-11-13-19(14-12-18)38-17(3)33)22(28(36)37-4)16(2)30-29(32)39-25/h7-14,24H,5-6,15H2,1-4H3/b25-23-/t24-/m0/s1. The molecule has 0 radical (unpaired) electrons. The number of aromatic nitrogens is 1. The molecule has 200 valence electrons. The van der Waals surface area contributed by atoms with Crippen molar-refractivity contribution in [3.63, 3.8) is 0 Å². The van der Waals surface area contributed by atoms with Crippen LogP contribution in [0.3, 0.4) is 0 Å². The number of esters is 2. The number of anilines is 1. The fraction of sp³-hybridized carbons (Fsp3) is 0.276. The van der Waals surface area contributed by atoms with Crippen molar-refractivity contribution in [1.29, 1.82) is 0 Å². The number of para-hydroxylation sites is 1. The highest BCUT2D eigenvalue weighted by Gasteiger charge is 2.37. The Hall–Kier alpha value is -4.31. The van der Waals surface area contributed by atoms with Crippen LogP contribution < -0.4 is 24.5 Å². The summed E-state index contributed by atoms with van der Waals surface area (Å²) in [5.41, 5.74) is 2.63. The van der Waals surface area contributed by atoms with Crippen LogP contribution in [0.4, 0.5) is 5.69 Å². The number of carbonyl (C=O) groups is 3. The Bertz CT molecular complexity index is 1710. The highest BCUT2D eigenvalue weighted by molar-refractivity contribution is 7.07. The SMILES string of the molecule is CCCCN1C(=O)/C(=c2\sc3n(c2=O)[C@@H](c2ccc(OC(C)=O)cc2)C(C(=O)OC)=C(C)N=3)c2ccccc21. The zero-order valence-electron chi connectivity index (χ0n) is 22.0. The van der Waals surface area contributed by atoms with E-state index in [4.69, 9.17) is 9.47 Å². The first kappa shape index (κ1) is 26.3. The summed E-state index contributed by atoms with van der Waals surface area (Å²) in [4.78, 5) is 58.8. The molecule has 0 aliphatic carbocycles. The summed E-state index contributed by atoms with van der Waals surface area (Å²) in [6.45, 7) is 5.61. The molecule has 1 amide bonds. The summed E-state index contributed by atoms with van der Waals surface area (Å²) in [6, 6.07) is 13.2. The van der Waals surface area contributed by atoms with Crippen LogP contribution in [0.5, 0.6) is 5.75 Å². The van der Waals surface area contributed by atoms with E-state index >= 15 is 0 Å². The van der Waals surface area contributed by atoms with Crippen molar-refractivity contribution in [1.82, 2.24) is 4.57 Å². The van der Waals surface area contributed by atoms with Crippen molar-refractivity contribution in [2.24, 2.45) is 4.99 Å². The second-order valence-electron chi connectivity index (χ2n) is 9.26. The molecule has 0 spiro atoms. The van der Waals surface area contributed by atoms with Crippen LogP contribution in [-0.4, -0.2) is 36.1 Å². The Morgan fingerprint density at radius 2 is 1.79 bits per heavy atom. The van der Waals surface area contributed by atoms with E-state index in [9.17, 15) is 19.2 Å². The number of rotatable bonds is 6. The van der Waals surface area contributed by atoms with Crippen LogP contribution in [0, 0.1) is 0 Å². The van der Waals surface area contributed by atoms with E-state index in [0.717, 1.165) is 29.9 Å². The van der Waals surface area contributed by atoms with Crippen LogP contribution in [0.1, 0.15) is 50.8 Å². The fourth-order valence-corrected chi connectivity index (χ4v) is 6.12. The Balaban J connectivity index is 1.75. The number of carbonyl (C=O) groups excluding carboxylic acids is 3. The first-order chi connectivity index (χ1) is 18.8. The summed E-state index contributed by atoms with van der Waals surface area (Å²) in [7, 11) is 1.27. The third-order valence-corrected chi connectivity index (χ3v) is 7.80. The molecule has 1 aromatic heterocycles. The lowest BCUT2D eigenvalue weighted by Gasteiger charge is -2.24. The smallest absolute Gasteiger partial charge is 0.338 e. The first-order valence-corrected chi connectivity index (χ1v) is 13.4. The number of thiazole rings is 1. The number of hydrogen-bond donors (Lipinski definition) is 0. The molecular formula is C29H27N3O6S. The molecular weight excluding hydrogens is 518 g/mol. The number of amides is 1. The van der Waals surface area contributed by atoms with Gasteiger partial charge in [0, 0.05) is 19.0 Å². The number of unbranched alkanes of at least 4 members (excludes halogenated alkanes) is 1. The van der Waals surface area contributed by atoms with Crippen molar-refractivity contribution in [2.75, 3.05) is 18.6 Å². The van der Waals surface area contributed by atoms with Gasteiger partial charge in [-0.05, 0) is 37.1 Å². The van der Waals surface area contributed by atoms with Gasteiger partial charge in [0.2, 0.25) is 0 Å². The quantitative estimate of drug-likeness (QED) is 0.348. The molecule has 1 atom stereocenters. The minimum Gasteiger partial charge on any atom is -0.466 e. The summed E-state index contributed by atoms with van der Waals surface area (Å²) in [5, 5.41) is 0. The van der Waals surface area contributed by atoms with Crippen molar-refractivity contribution < 1.29 is 23.9 Å². The van der Waals surface area contributed by atoms with Gasteiger partial charge in [-0.2, -0.15) is 0 Å². The number of ether oxygens (including phenoxy) is 2. The Morgan fingerprint density at radius 3 is 2.46 bits per heavy atom. The largest absolute Gasteiger partial charge is 0.466 e. The van der Waals surface area contributed by atoms with Gasteiger partial charge in [0.15, 0.2) is 4.80 Å². The molecule has 0 saturated carbocycles. The van der Waals surface area contributed by atoms with E-state index in [0.29, 0.717) is 39.5 Å². The second-order valence-corrected chi connectivity index (χ2v) is 10.2. The number of fused-ring (bicyclic) bond motifs is 2. The highest BCUT2D eigenvalue weighted by atomic mass is 32.1. The molecule has 2 aliphatic rings. The van der Waals surface area contributed by atoms with Gasteiger partial charge in [0.1, 0.15) is 10.3 Å². The van der Waals surface area contributed by atoms with Gasteiger partial charge in [-0.15, -0.1) is 0 Å². The molecule has 39 heavy (non-hydrogen) atoms. The van der Waals surface area contributed by atoms with Gasteiger partial charge in [0.05, 0.1) is 35.7 Å². The van der Waals surface area contributed by atoms with Gasteiger partial charge >= 0.3 is 11.9 Å². The lowest BCUT2D eigenvalue weighted by Crippen LogP contribution is -2.40. The van der Waals surface area contributed by atoms with Crippen molar-refractivity contribution in [3.8, 4) is 5.75 Å². The zero-order chi connectivity index (χ0) is 27.8. The minimum atomic E-state index is -0.850. The molecule has 0 N–H and O–H groups in total. The van der Waals surface area contributed by atoms with Crippen LogP contribution >= 0.6 is 11.3 Å².